The van der Waals surface area contributed by atoms with E-state index in [0.717, 1.165) is 43.3 Å². The molecular weight excluding hydrogens is 310 g/mol. The number of benzene rings is 2. The van der Waals surface area contributed by atoms with E-state index in [4.69, 9.17) is 16.3 Å². The summed E-state index contributed by atoms with van der Waals surface area (Å²) in [5.74, 6) is 0.890. The van der Waals surface area contributed by atoms with Crippen molar-refractivity contribution in [1.29, 1.82) is 5.26 Å². The maximum atomic E-state index is 9.29. The molecule has 0 aromatic heterocycles. The van der Waals surface area contributed by atoms with Crippen LogP contribution in [0.1, 0.15) is 5.56 Å². The zero-order chi connectivity index (χ0) is 16.2. The fourth-order valence-corrected chi connectivity index (χ4v) is 3.11. The van der Waals surface area contributed by atoms with Gasteiger partial charge in [0.25, 0.3) is 0 Å². The monoisotopic (exact) mass is 327 g/mol. The topological polar surface area (TPSA) is 39.5 Å². The zero-order valence-electron chi connectivity index (χ0n) is 13.0. The second-order valence-electron chi connectivity index (χ2n) is 5.42. The van der Waals surface area contributed by atoms with E-state index in [9.17, 15) is 5.26 Å². The number of rotatable bonds is 3. The SMILES string of the molecule is COc1ccccc1N1CCN(c2cc(Cl)ccc2C#N)CC1. The second-order valence-corrected chi connectivity index (χ2v) is 5.86. The smallest absolute Gasteiger partial charge is 0.142 e. The van der Waals surface area contributed by atoms with Crippen LogP contribution in [0.5, 0.6) is 5.75 Å². The maximum absolute atomic E-state index is 9.29. The summed E-state index contributed by atoms with van der Waals surface area (Å²) in [5, 5.41) is 9.95. The van der Waals surface area contributed by atoms with Crippen LogP contribution in [0.4, 0.5) is 11.4 Å². The summed E-state index contributed by atoms with van der Waals surface area (Å²) in [6, 6.07) is 15.7. The minimum Gasteiger partial charge on any atom is -0.495 e. The molecule has 1 heterocycles. The summed E-state index contributed by atoms with van der Waals surface area (Å²) >= 11 is 6.09. The van der Waals surface area contributed by atoms with Gasteiger partial charge in [-0.15, -0.1) is 0 Å². The van der Waals surface area contributed by atoms with Crippen molar-refractivity contribution in [3.05, 3.63) is 53.1 Å². The second kappa shape index (κ2) is 6.80. The number of hydrogen-bond acceptors (Lipinski definition) is 4. The van der Waals surface area contributed by atoms with E-state index in [0.29, 0.717) is 10.6 Å². The van der Waals surface area contributed by atoms with Gasteiger partial charge in [-0.2, -0.15) is 5.26 Å². The Morgan fingerprint density at radius 2 is 1.65 bits per heavy atom. The Morgan fingerprint density at radius 3 is 2.30 bits per heavy atom. The van der Waals surface area contributed by atoms with Gasteiger partial charge >= 0.3 is 0 Å². The first kappa shape index (κ1) is 15.5. The van der Waals surface area contributed by atoms with Crippen LogP contribution in [-0.2, 0) is 0 Å². The molecule has 0 radical (unpaired) electrons. The number of methoxy groups -OCH3 is 1. The molecular formula is C18H18ClN3O. The molecule has 0 bridgehead atoms. The van der Waals surface area contributed by atoms with E-state index in [1.54, 1.807) is 19.2 Å². The minimum absolute atomic E-state index is 0.658. The van der Waals surface area contributed by atoms with Crippen LogP contribution in [0.15, 0.2) is 42.5 Å². The molecule has 0 atom stereocenters. The summed E-state index contributed by atoms with van der Waals surface area (Å²) in [6.45, 7) is 3.43. The van der Waals surface area contributed by atoms with Gasteiger partial charge in [0.1, 0.15) is 11.8 Å². The summed E-state index contributed by atoms with van der Waals surface area (Å²) in [4.78, 5) is 4.53. The first-order chi connectivity index (χ1) is 11.2. The number of ether oxygens (including phenoxy) is 1. The summed E-state index contributed by atoms with van der Waals surface area (Å²) in [6.07, 6.45) is 0. The molecule has 0 saturated carbocycles. The van der Waals surface area contributed by atoms with Crippen molar-refractivity contribution in [2.24, 2.45) is 0 Å². The molecule has 0 unspecified atom stereocenters. The minimum atomic E-state index is 0.658. The average molecular weight is 328 g/mol. The maximum Gasteiger partial charge on any atom is 0.142 e. The highest BCUT2D eigenvalue weighted by Crippen LogP contribution is 2.30. The number of para-hydroxylation sites is 2. The highest BCUT2D eigenvalue weighted by molar-refractivity contribution is 6.30. The van der Waals surface area contributed by atoms with E-state index in [2.05, 4.69) is 21.9 Å². The van der Waals surface area contributed by atoms with Gasteiger partial charge < -0.3 is 14.5 Å². The fourth-order valence-electron chi connectivity index (χ4n) is 2.94. The lowest BCUT2D eigenvalue weighted by atomic mass is 10.1. The molecule has 4 nitrogen and oxygen atoms in total. The first-order valence-electron chi connectivity index (χ1n) is 7.55. The molecule has 5 heteroatoms. The number of piperazine rings is 1. The predicted molar refractivity (Wildman–Crippen MR) is 93.6 cm³/mol. The summed E-state index contributed by atoms with van der Waals surface area (Å²) in [7, 11) is 1.69. The summed E-state index contributed by atoms with van der Waals surface area (Å²) < 4.78 is 5.45. The molecule has 0 amide bonds. The molecule has 23 heavy (non-hydrogen) atoms. The van der Waals surface area contributed by atoms with Crippen molar-refractivity contribution >= 4 is 23.0 Å². The molecule has 3 rings (SSSR count). The van der Waals surface area contributed by atoms with E-state index >= 15 is 0 Å². The Hall–Kier alpha value is -2.38. The fraction of sp³-hybridized carbons (Fsp3) is 0.278. The molecule has 0 N–H and O–H groups in total. The largest absolute Gasteiger partial charge is 0.495 e. The van der Waals surface area contributed by atoms with Gasteiger partial charge in [-0.25, -0.2) is 0 Å². The van der Waals surface area contributed by atoms with E-state index in [-0.39, 0.29) is 0 Å². The van der Waals surface area contributed by atoms with Gasteiger partial charge in [0.15, 0.2) is 0 Å². The van der Waals surface area contributed by atoms with Crippen molar-refractivity contribution in [2.75, 3.05) is 43.1 Å². The normalized spacial score (nSPS) is 14.5. The lowest BCUT2D eigenvalue weighted by molar-refractivity contribution is 0.413. The van der Waals surface area contributed by atoms with Crippen LogP contribution in [0, 0.1) is 11.3 Å². The van der Waals surface area contributed by atoms with E-state index < -0.39 is 0 Å². The van der Waals surface area contributed by atoms with Gasteiger partial charge in [-0.1, -0.05) is 23.7 Å². The Balaban J connectivity index is 1.77. The van der Waals surface area contributed by atoms with Crippen molar-refractivity contribution in [1.82, 2.24) is 0 Å². The summed E-state index contributed by atoms with van der Waals surface area (Å²) in [5.41, 5.74) is 2.70. The van der Waals surface area contributed by atoms with Gasteiger partial charge in [0, 0.05) is 31.2 Å². The highest BCUT2D eigenvalue weighted by atomic mass is 35.5. The van der Waals surface area contributed by atoms with Crippen molar-refractivity contribution in [3.8, 4) is 11.8 Å². The quantitative estimate of drug-likeness (QED) is 0.864. The Morgan fingerprint density at radius 1 is 1.00 bits per heavy atom. The number of halogens is 1. The molecule has 0 aliphatic carbocycles. The Kier molecular flexibility index (Phi) is 4.59. The van der Waals surface area contributed by atoms with Gasteiger partial charge in [-0.05, 0) is 30.3 Å². The molecule has 118 valence electrons. The Bertz CT molecular complexity index is 733. The van der Waals surface area contributed by atoms with Gasteiger partial charge in [0.2, 0.25) is 0 Å². The number of anilines is 2. The third kappa shape index (κ3) is 3.20. The Labute approximate surface area is 141 Å². The van der Waals surface area contributed by atoms with E-state index in [1.807, 2.05) is 24.3 Å². The zero-order valence-corrected chi connectivity index (χ0v) is 13.8. The lowest BCUT2D eigenvalue weighted by Crippen LogP contribution is -2.46. The number of nitriles is 1. The van der Waals surface area contributed by atoms with Crippen molar-refractivity contribution < 1.29 is 4.74 Å². The molecule has 1 fully saturated rings. The third-order valence-electron chi connectivity index (χ3n) is 4.13. The van der Waals surface area contributed by atoms with Crippen LogP contribution >= 0.6 is 11.6 Å². The van der Waals surface area contributed by atoms with Crippen molar-refractivity contribution in [3.63, 3.8) is 0 Å². The standard InChI is InChI=1S/C18H18ClN3O/c1-23-18-5-3-2-4-16(18)21-8-10-22(11-9-21)17-12-15(19)7-6-14(17)13-20/h2-7,12H,8-11H2,1H3. The predicted octanol–water partition coefficient (Wildman–Crippen LogP) is 3.55. The van der Waals surface area contributed by atoms with Gasteiger partial charge in [0.05, 0.1) is 24.0 Å². The molecule has 0 spiro atoms. The highest BCUT2D eigenvalue weighted by Gasteiger charge is 2.21. The average Bonchev–Trinajstić information content (AvgIpc) is 2.62. The van der Waals surface area contributed by atoms with Gasteiger partial charge in [-0.3, -0.25) is 0 Å². The third-order valence-corrected chi connectivity index (χ3v) is 4.36. The molecule has 1 aliphatic rings. The molecule has 1 aliphatic heterocycles. The molecule has 2 aromatic rings. The number of hydrogen-bond donors (Lipinski definition) is 0. The van der Waals surface area contributed by atoms with E-state index in [1.165, 1.54) is 0 Å². The lowest BCUT2D eigenvalue weighted by Gasteiger charge is -2.38. The van der Waals surface area contributed by atoms with Crippen LogP contribution in [-0.4, -0.2) is 33.3 Å². The molecule has 2 aromatic carbocycles. The number of nitrogens with zero attached hydrogens (tertiary/aromatic N) is 3. The van der Waals surface area contributed by atoms with Crippen LogP contribution < -0.4 is 14.5 Å². The first-order valence-corrected chi connectivity index (χ1v) is 7.93. The van der Waals surface area contributed by atoms with Crippen LogP contribution in [0.2, 0.25) is 5.02 Å². The van der Waals surface area contributed by atoms with Crippen LogP contribution in [0.25, 0.3) is 0 Å². The van der Waals surface area contributed by atoms with Crippen LogP contribution in [0.3, 0.4) is 0 Å². The van der Waals surface area contributed by atoms with Crippen molar-refractivity contribution in [2.45, 2.75) is 0 Å². The molecule has 1 saturated heterocycles.